The average molecular weight is 359 g/mol. The highest BCUT2D eigenvalue weighted by atomic mass is 79.9. The van der Waals surface area contributed by atoms with Gasteiger partial charge >= 0.3 is 0 Å². The van der Waals surface area contributed by atoms with Gasteiger partial charge in [0.05, 0.1) is 9.40 Å². The molecule has 0 spiro atoms. The molecule has 0 fully saturated rings. The maximum absolute atomic E-state index is 10.8. The van der Waals surface area contributed by atoms with Crippen LogP contribution in [0.15, 0.2) is 51.8 Å². The Labute approximate surface area is 128 Å². The molecule has 2 rings (SSSR count). The van der Waals surface area contributed by atoms with Crippen molar-refractivity contribution in [2.45, 2.75) is 10.6 Å². The summed E-state index contributed by atoms with van der Waals surface area (Å²) in [5.41, 5.74) is 1.00. The summed E-state index contributed by atoms with van der Waals surface area (Å²) in [5, 5.41) is 11.5. The van der Waals surface area contributed by atoms with Crippen molar-refractivity contribution < 1.29 is 4.92 Å². The van der Waals surface area contributed by atoms with E-state index >= 15 is 0 Å². The van der Waals surface area contributed by atoms with Crippen LogP contribution in [0.2, 0.25) is 5.02 Å². The Balaban J connectivity index is 2.09. The molecule has 0 aliphatic rings. The van der Waals surface area contributed by atoms with Gasteiger partial charge in [-0.2, -0.15) is 0 Å². The maximum atomic E-state index is 10.8. The molecule has 0 N–H and O–H groups in total. The lowest BCUT2D eigenvalue weighted by molar-refractivity contribution is -0.385. The zero-order valence-electron chi connectivity index (χ0n) is 9.68. The SMILES string of the molecule is O=[N+]([O-])c1cc(CSc2ccc(Cl)cc2)ccc1Br. The van der Waals surface area contributed by atoms with Gasteiger partial charge in [0.1, 0.15) is 0 Å². The van der Waals surface area contributed by atoms with E-state index in [0.29, 0.717) is 15.2 Å². The van der Waals surface area contributed by atoms with E-state index in [1.165, 1.54) is 0 Å². The molecule has 0 bridgehead atoms. The Hall–Kier alpha value is -1.04. The highest BCUT2D eigenvalue weighted by Crippen LogP contribution is 2.29. The van der Waals surface area contributed by atoms with E-state index < -0.39 is 0 Å². The van der Waals surface area contributed by atoms with Crippen LogP contribution in [0.3, 0.4) is 0 Å². The van der Waals surface area contributed by atoms with Crippen molar-refractivity contribution in [3.63, 3.8) is 0 Å². The molecular formula is C13H9BrClNO2S. The van der Waals surface area contributed by atoms with Gasteiger partial charge in [-0.05, 0) is 51.8 Å². The molecule has 0 saturated heterocycles. The van der Waals surface area contributed by atoms with Crippen molar-refractivity contribution in [3.8, 4) is 0 Å². The predicted molar refractivity (Wildman–Crippen MR) is 81.8 cm³/mol. The predicted octanol–water partition coefficient (Wildman–Crippen LogP) is 5.30. The summed E-state index contributed by atoms with van der Waals surface area (Å²) >= 11 is 10.6. The Morgan fingerprint density at radius 3 is 2.53 bits per heavy atom. The molecule has 0 unspecified atom stereocenters. The first-order valence-corrected chi connectivity index (χ1v) is 7.53. The van der Waals surface area contributed by atoms with Crippen molar-refractivity contribution in [2.75, 3.05) is 0 Å². The maximum Gasteiger partial charge on any atom is 0.283 e. The van der Waals surface area contributed by atoms with Gasteiger partial charge in [0, 0.05) is 21.7 Å². The number of hydrogen-bond donors (Lipinski definition) is 0. The average Bonchev–Trinajstić information content (AvgIpc) is 2.39. The smallest absolute Gasteiger partial charge is 0.258 e. The van der Waals surface area contributed by atoms with Gasteiger partial charge in [-0.3, -0.25) is 10.1 Å². The second-order valence-electron chi connectivity index (χ2n) is 3.79. The summed E-state index contributed by atoms with van der Waals surface area (Å²) in [6, 6.07) is 12.7. The third kappa shape index (κ3) is 3.96. The highest BCUT2D eigenvalue weighted by Gasteiger charge is 2.12. The summed E-state index contributed by atoms with van der Waals surface area (Å²) in [4.78, 5) is 11.5. The van der Waals surface area contributed by atoms with E-state index in [2.05, 4.69) is 15.9 Å². The van der Waals surface area contributed by atoms with Gasteiger partial charge in [-0.15, -0.1) is 11.8 Å². The first-order chi connectivity index (χ1) is 9.06. The zero-order valence-corrected chi connectivity index (χ0v) is 12.8. The largest absolute Gasteiger partial charge is 0.283 e. The van der Waals surface area contributed by atoms with Gasteiger partial charge in [0.2, 0.25) is 0 Å². The normalized spacial score (nSPS) is 10.4. The number of benzene rings is 2. The molecule has 0 amide bonds. The molecule has 0 saturated carbocycles. The third-order valence-electron chi connectivity index (χ3n) is 2.43. The summed E-state index contributed by atoms with van der Waals surface area (Å²) in [5.74, 6) is 0.676. The minimum absolute atomic E-state index is 0.0919. The summed E-state index contributed by atoms with van der Waals surface area (Å²) < 4.78 is 0.498. The van der Waals surface area contributed by atoms with Crippen LogP contribution in [0.1, 0.15) is 5.56 Å². The van der Waals surface area contributed by atoms with Crippen LogP contribution in [0.5, 0.6) is 0 Å². The van der Waals surface area contributed by atoms with E-state index in [1.807, 2.05) is 30.3 Å². The molecule has 3 nitrogen and oxygen atoms in total. The molecule has 2 aromatic carbocycles. The van der Waals surface area contributed by atoms with E-state index in [4.69, 9.17) is 11.6 Å². The minimum Gasteiger partial charge on any atom is -0.258 e. The van der Waals surface area contributed by atoms with Crippen molar-refractivity contribution >= 4 is 45.0 Å². The number of nitrogens with zero attached hydrogens (tertiary/aromatic N) is 1. The Bertz CT molecular complexity index is 604. The number of thioether (sulfide) groups is 1. The van der Waals surface area contributed by atoms with Crippen molar-refractivity contribution in [3.05, 3.63) is 67.6 Å². The van der Waals surface area contributed by atoms with Crippen molar-refractivity contribution in [1.82, 2.24) is 0 Å². The fraction of sp³-hybridized carbons (Fsp3) is 0.0769. The lowest BCUT2D eigenvalue weighted by atomic mass is 10.2. The number of nitro groups is 1. The van der Waals surface area contributed by atoms with Gasteiger partial charge in [0.15, 0.2) is 0 Å². The first-order valence-electron chi connectivity index (χ1n) is 5.37. The van der Waals surface area contributed by atoms with Crippen LogP contribution in [0.25, 0.3) is 0 Å². The second kappa shape index (κ2) is 6.41. The van der Waals surface area contributed by atoms with Gasteiger partial charge in [-0.25, -0.2) is 0 Å². The van der Waals surface area contributed by atoms with E-state index in [0.717, 1.165) is 10.5 Å². The lowest BCUT2D eigenvalue weighted by Gasteiger charge is -2.03. The zero-order chi connectivity index (χ0) is 13.8. The monoisotopic (exact) mass is 357 g/mol. The summed E-state index contributed by atoms with van der Waals surface area (Å²) in [6.45, 7) is 0. The molecule has 0 heterocycles. The summed E-state index contributed by atoms with van der Waals surface area (Å²) in [7, 11) is 0. The molecule has 2 aromatic rings. The molecular weight excluding hydrogens is 350 g/mol. The number of rotatable bonds is 4. The van der Waals surface area contributed by atoms with Crippen LogP contribution in [-0.2, 0) is 5.75 Å². The summed E-state index contributed by atoms with van der Waals surface area (Å²) in [6.07, 6.45) is 0. The van der Waals surface area contributed by atoms with Crippen LogP contribution in [0, 0.1) is 10.1 Å². The lowest BCUT2D eigenvalue weighted by Crippen LogP contribution is -1.91. The van der Waals surface area contributed by atoms with Gasteiger partial charge in [-0.1, -0.05) is 17.7 Å². The Morgan fingerprint density at radius 1 is 1.21 bits per heavy atom. The molecule has 6 heteroatoms. The van der Waals surface area contributed by atoms with Crippen LogP contribution in [0.4, 0.5) is 5.69 Å². The van der Waals surface area contributed by atoms with E-state index in [1.54, 1.807) is 23.9 Å². The molecule has 0 radical (unpaired) electrons. The van der Waals surface area contributed by atoms with Crippen molar-refractivity contribution in [1.29, 1.82) is 0 Å². The third-order valence-corrected chi connectivity index (χ3v) is 4.43. The first kappa shape index (κ1) is 14.4. The Morgan fingerprint density at radius 2 is 1.89 bits per heavy atom. The fourth-order valence-corrected chi connectivity index (χ4v) is 2.84. The van der Waals surface area contributed by atoms with E-state index in [-0.39, 0.29) is 10.6 Å². The molecule has 0 aromatic heterocycles. The quantitative estimate of drug-likeness (QED) is 0.423. The van der Waals surface area contributed by atoms with Crippen LogP contribution >= 0.6 is 39.3 Å². The second-order valence-corrected chi connectivity index (χ2v) is 6.12. The van der Waals surface area contributed by atoms with Gasteiger partial charge in [0.25, 0.3) is 5.69 Å². The topological polar surface area (TPSA) is 43.1 Å². The van der Waals surface area contributed by atoms with Gasteiger partial charge < -0.3 is 0 Å². The van der Waals surface area contributed by atoms with Crippen LogP contribution < -0.4 is 0 Å². The molecule has 98 valence electrons. The number of halogens is 2. The van der Waals surface area contributed by atoms with E-state index in [9.17, 15) is 10.1 Å². The molecule has 0 aliphatic heterocycles. The van der Waals surface area contributed by atoms with Crippen LogP contribution in [-0.4, -0.2) is 4.92 Å². The fourth-order valence-electron chi connectivity index (χ4n) is 1.49. The van der Waals surface area contributed by atoms with Crippen molar-refractivity contribution in [2.24, 2.45) is 0 Å². The minimum atomic E-state index is -0.388. The molecule has 0 atom stereocenters. The number of nitro benzene ring substituents is 1. The Kier molecular flexibility index (Phi) is 4.85. The molecule has 19 heavy (non-hydrogen) atoms. The molecule has 0 aliphatic carbocycles. The number of hydrogen-bond acceptors (Lipinski definition) is 3. The standard InChI is InChI=1S/C13H9BrClNO2S/c14-12-6-1-9(7-13(12)16(17)18)8-19-11-4-2-10(15)3-5-11/h1-7H,8H2. The highest BCUT2D eigenvalue weighted by molar-refractivity contribution is 9.10.